The Labute approximate surface area is 197 Å². The van der Waals surface area contributed by atoms with Crippen molar-refractivity contribution in [3.8, 4) is 0 Å². The molecule has 0 saturated carbocycles. The van der Waals surface area contributed by atoms with E-state index in [1.54, 1.807) is 0 Å². The van der Waals surface area contributed by atoms with Crippen LogP contribution in [0.15, 0.2) is 0 Å². The van der Waals surface area contributed by atoms with Crippen LogP contribution >= 0.6 is 0 Å². The van der Waals surface area contributed by atoms with Gasteiger partial charge in [-0.2, -0.15) is 0 Å². The Kier molecular flexibility index (Phi) is 29.8. The molecule has 0 fully saturated rings. The normalized spacial score (nSPS) is 11.4. The van der Waals surface area contributed by atoms with E-state index in [0.29, 0.717) is 0 Å². The highest BCUT2D eigenvalue weighted by molar-refractivity contribution is 4.51. The van der Waals surface area contributed by atoms with Crippen molar-refractivity contribution in [1.82, 2.24) is 0 Å². The summed E-state index contributed by atoms with van der Waals surface area (Å²) in [6.07, 6.45) is 32.7. The number of hydrogen-bond acceptors (Lipinski definition) is 2. The zero-order valence-corrected chi connectivity index (χ0v) is 21.9. The molecule has 0 aliphatic rings. The maximum Gasteiger partial charge on any atom is 0.0487 e. The number of hydrogen-bond donors (Lipinski definition) is 0. The van der Waals surface area contributed by atoms with Crippen molar-refractivity contribution in [3.63, 3.8) is 0 Å². The van der Waals surface area contributed by atoms with Crippen molar-refractivity contribution in [2.75, 3.05) is 26.4 Å². The van der Waals surface area contributed by atoms with Crippen molar-refractivity contribution in [2.24, 2.45) is 0 Å². The van der Waals surface area contributed by atoms with Crippen molar-refractivity contribution in [3.05, 3.63) is 0 Å². The number of ether oxygens (including phenoxy) is 2. The SMILES string of the molecule is CCCCCCCCCCCCCCCCCCCCCCCCOCCCOCC. The summed E-state index contributed by atoms with van der Waals surface area (Å²) in [5.74, 6) is 0. The van der Waals surface area contributed by atoms with E-state index in [1.807, 2.05) is 6.92 Å². The fraction of sp³-hybridized carbons (Fsp3) is 1.00. The number of rotatable bonds is 28. The van der Waals surface area contributed by atoms with Gasteiger partial charge in [-0.25, -0.2) is 0 Å². The zero-order chi connectivity index (χ0) is 22.5. The van der Waals surface area contributed by atoms with Crippen LogP contribution in [0.4, 0.5) is 0 Å². The second-order valence-electron chi connectivity index (χ2n) is 9.59. The molecule has 0 N–H and O–H groups in total. The molecule has 0 aliphatic heterocycles. The Balaban J connectivity index is 2.98. The molecule has 2 heteroatoms. The lowest BCUT2D eigenvalue weighted by Crippen LogP contribution is -2.01. The van der Waals surface area contributed by atoms with Gasteiger partial charge in [-0.15, -0.1) is 0 Å². The fourth-order valence-electron chi connectivity index (χ4n) is 4.32. The standard InChI is InChI=1S/C29H60O2/c1-3-5-6-7-8-9-10-11-12-13-14-15-16-17-18-19-20-21-22-23-24-25-27-31-29-26-28-30-4-2/h3-29H2,1-2H3. The Morgan fingerprint density at radius 1 is 0.290 bits per heavy atom. The van der Waals surface area contributed by atoms with Gasteiger partial charge in [0, 0.05) is 26.4 Å². The van der Waals surface area contributed by atoms with E-state index < -0.39 is 0 Å². The summed E-state index contributed by atoms with van der Waals surface area (Å²) in [6.45, 7) is 7.80. The third-order valence-electron chi connectivity index (χ3n) is 6.42. The molecule has 0 atom stereocenters. The first-order chi connectivity index (χ1) is 15.4. The van der Waals surface area contributed by atoms with Crippen LogP contribution in [0, 0.1) is 0 Å². The van der Waals surface area contributed by atoms with Crippen LogP contribution in [-0.4, -0.2) is 26.4 Å². The van der Waals surface area contributed by atoms with Gasteiger partial charge in [-0.3, -0.25) is 0 Å². The average Bonchev–Trinajstić information content (AvgIpc) is 2.78. The van der Waals surface area contributed by atoms with E-state index in [9.17, 15) is 0 Å². The van der Waals surface area contributed by atoms with Crippen LogP contribution < -0.4 is 0 Å². The van der Waals surface area contributed by atoms with Crippen LogP contribution in [0.5, 0.6) is 0 Å². The first kappa shape index (κ1) is 30.9. The second-order valence-corrected chi connectivity index (χ2v) is 9.59. The predicted molar refractivity (Wildman–Crippen MR) is 139 cm³/mol. The third-order valence-corrected chi connectivity index (χ3v) is 6.42. The van der Waals surface area contributed by atoms with E-state index in [0.717, 1.165) is 32.8 Å². The highest BCUT2D eigenvalue weighted by atomic mass is 16.5. The summed E-state index contributed by atoms with van der Waals surface area (Å²) in [4.78, 5) is 0. The van der Waals surface area contributed by atoms with Crippen LogP contribution in [0.1, 0.15) is 162 Å². The lowest BCUT2D eigenvalue weighted by Gasteiger charge is -2.05. The first-order valence-electron chi connectivity index (χ1n) is 14.6. The van der Waals surface area contributed by atoms with Crippen LogP contribution in [0.25, 0.3) is 0 Å². The molecule has 0 spiro atoms. The van der Waals surface area contributed by atoms with Gasteiger partial charge in [0.15, 0.2) is 0 Å². The molecule has 0 heterocycles. The topological polar surface area (TPSA) is 18.5 Å². The van der Waals surface area contributed by atoms with Gasteiger partial charge >= 0.3 is 0 Å². The molecule has 0 aromatic carbocycles. The van der Waals surface area contributed by atoms with Crippen LogP contribution in [0.3, 0.4) is 0 Å². The summed E-state index contributed by atoms with van der Waals surface area (Å²) >= 11 is 0. The molecule has 31 heavy (non-hydrogen) atoms. The smallest absolute Gasteiger partial charge is 0.0487 e. The molecule has 0 bridgehead atoms. The molecule has 0 aliphatic carbocycles. The molecule has 0 rings (SSSR count). The maximum absolute atomic E-state index is 5.64. The van der Waals surface area contributed by atoms with Crippen molar-refractivity contribution >= 4 is 0 Å². The second kappa shape index (κ2) is 29.9. The Bertz CT molecular complexity index is 264. The zero-order valence-electron chi connectivity index (χ0n) is 21.9. The average molecular weight is 441 g/mol. The first-order valence-corrected chi connectivity index (χ1v) is 14.6. The summed E-state index contributed by atoms with van der Waals surface area (Å²) in [5, 5.41) is 0. The molecule has 188 valence electrons. The van der Waals surface area contributed by atoms with Crippen molar-refractivity contribution in [2.45, 2.75) is 162 Å². The fourth-order valence-corrected chi connectivity index (χ4v) is 4.32. The van der Waals surface area contributed by atoms with Crippen molar-refractivity contribution in [1.29, 1.82) is 0 Å². The van der Waals surface area contributed by atoms with Gasteiger partial charge in [-0.05, 0) is 19.8 Å². The Morgan fingerprint density at radius 3 is 0.935 bits per heavy atom. The summed E-state index contributed by atoms with van der Waals surface area (Å²) in [6, 6.07) is 0. The quantitative estimate of drug-likeness (QED) is 0.113. The molecule has 0 aromatic heterocycles. The van der Waals surface area contributed by atoms with E-state index in [2.05, 4.69) is 6.92 Å². The minimum atomic E-state index is 0.819. The molecule has 0 aromatic rings. The largest absolute Gasteiger partial charge is 0.382 e. The molecule has 2 nitrogen and oxygen atoms in total. The van der Waals surface area contributed by atoms with Gasteiger partial charge in [0.1, 0.15) is 0 Å². The minimum Gasteiger partial charge on any atom is -0.382 e. The van der Waals surface area contributed by atoms with Gasteiger partial charge in [-0.1, -0.05) is 142 Å². The van der Waals surface area contributed by atoms with Gasteiger partial charge in [0.25, 0.3) is 0 Å². The van der Waals surface area contributed by atoms with E-state index in [-0.39, 0.29) is 0 Å². The Hall–Kier alpha value is -0.0800. The summed E-state index contributed by atoms with van der Waals surface area (Å²) in [5.41, 5.74) is 0. The predicted octanol–water partition coefficient (Wildman–Crippen LogP) is 10.0. The lowest BCUT2D eigenvalue weighted by atomic mass is 10.0. The molecule has 0 amide bonds. The highest BCUT2D eigenvalue weighted by Crippen LogP contribution is 2.15. The monoisotopic (exact) mass is 440 g/mol. The summed E-state index contributed by atoms with van der Waals surface area (Å²) < 4.78 is 11.0. The van der Waals surface area contributed by atoms with E-state index >= 15 is 0 Å². The van der Waals surface area contributed by atoms with Crippen LogP contribution in [0.2, 0.25) is 0 Å². The molecular formula is C29H60O2. The molecule has 0 unspecified atom stereocenters. The maximum atomic E-state index is 5.64. The van der Waals surface area contributed by atoms with E-state index in [1.165, 1.54) is 141 Å². The summed E-state index contributed by atoms with van der Waals surface area (Å²) in [7, 11) is 0. The van der Waals surface area contributed by atoms with Gasteiger partial charge < -0.3 is 9.47 Å². The van der Waals surface area contributed by atoms with Crippen LogP contribution in [-0.2, 0) is 9.47 Å². The molecule has 0 radical (unpaired) electrons. The lowest BCUT2D eigenvalue weighted by molar-refractivity contribution is 0.0860. The highest BCUT2D eigenvalue weighted by Gasteiger charge is 1.96. The van der Waals surface area contributed by atoms with Gasteiger partial charge in [0.05, 0.1) is 0 Å². The third kappa shape index (κ3) is 29.9. The van der Waals surface area contributed by atoms with Crippen molar-refractivity contribution < 1.29 is 9.47 Å². The Morgan fingerprint density at radius 2 is 0.581 bits per heavy atom. The van der Waals surface area contributed by atoms with Gasteiger partial charge in [0.2, 0.25) is 0 Å². The number of unbranched alkanes of at least 4 members (excludes halogenated alkanes) is 21. The molecular weight excluding hydrogens is 380 g/mol. The minimum absolute atomic E-state index is 0.819. The molecule has 0 saturated heterocycles. The van der Waals surface area contributed by atoms with E-state index in [4.69, 9.17) is 9.47 Å².